The molecule has 1 aromatic carbocycles. The van der Waals surface area contributed by atoms with Crippen LogP contribution in [-0.2, 0) is 14.6 Å². The Kier molecular flexibility index (Phi) is 3.64. The van der Waals surface area contributed by atoms with Crippen molar-refractivity contribution in [1.82, 2.24) is 0 Å². The highest BCUT2D eigenvalue weighted by Crippen LogP contribution is 2.10. The van der Waals surface area contributed by atoms with Crippen molar-refractivity contribution in [2.24, 2.45) is 0 Å². The van der Waals surface area contributed by atoms with Crippen LogP contribution in [-0.4, -0.2) is 21.0 Å². The largest absolute Gasteiger partial charge is 0.302 e. The Morgan fingerprint density at radius 2 is 2.13 bits per heavy atom. The first-order valence-corrected chi connectivity index (χ1v) is 6.16. The summed E-state index contributed by atoms with van der Waals surface area (Å²) in [6.45, 7) is 0. The van der Waals surface area contributed by atoms with E-state index < -0.39 is 9.84 Å². The topological polar surface area (TPSA) is 51.2 Å². The van der Waals surface area contributed by atoms with Gasteiger partial charge in [-0.25, -0.2) is 8.42 Å². The number of rotatable bonds is 2. The fourth-order valence-electron chi connectivity index (χ4n) is 0.999. The molecule has 15 heavy (non-hydrogen) atoms. The van der Waals surface area contributed by atoms with Crippen molar-refractivity contribution in [3.05, 3.63) is 29.8 Å². The maximum Gasteiger partial charge on any atom is 0.175 e. The standard InChI is InChI=1S/C11H10O3S/c1-15(13,14)11-7-4-6-10(9-11)5-2-3-8-12/h4,6-9H,3H2,1H3. The fraction of sp³-hybridized carbons (Fsp3) is 0.182. The number of sulfone groups is 1. The van der Waals surface area contributed by atoms with Crippen LogP contribution in [0.15, 0.2) is 29.2 Å². The lowest BCUT2D eigenvalue weighted by Crippen LogP contribution is -1.96. The first-order chi connectivity index (χ1) is 7.04. The van der Waals surface area contributed by atoms with Crippen molar-refractivity contribution in [3.8, 4) is 11.8 Å². The first-order valence-electron chi connectivity index (χ1n) is 4.26. The Hall–Kier alpha value is -1.60. The third-order valence-electron chi connectivity index (χ3n) is 1.68. The number of hydrogen-bond donors (Lipinski definition) is 0. The molecule has 0 saturated carbocycles. The van der Waals surface area contributed by atoms with Crippen molar-refractivity contribution in [2.45, 2.75) is 11.3 Å². The van der Waals surface area contributed by atoms with Crippen LogP contribution in [0.25, 0.3) is 0 Å². The highest BCUT2D eigenvalue weighted by Gasteiger charge is 2.05. The molecule has 0 spiro atoms. The van der Waals surface area contributed by atoms with Gasteiger partial charge in [0, 0.05) is 11.8 Å². The molecule has 78 valence electrons. The van der Waals surface area contributed by atoms with Gasteiger partial charge >= 0.3 is 0 Å². The molecule has 0 aliphatic heterocycles. The Morgan fingerprint density at radius 3 is 2.73 bits per heavy atom. The molecule has 0 fully saturated rings. The zero-order valence-corrected chi connectivity index (χ0v) is 9.04. The Morgan fingerprint density at radius 1 is 1.40 bits per heavy atom. The second kappa shape index (κ2) is 4.76. The number of carbonyl (C=O) groups excluding carboxylic acids is 1. The van der Waals surface area contributed by atoms with Crippen LogP contribution in [0.3, 0.4) is 0 Å². The zero-order chi connectivity index (χ0) is 11.3. The lowest BCUT2D eigenvalue weighted by molar-refractivity contribution is -0.107. The van der Waals surface area contributed by atoms with Gasteiger partial charge < -0.3 is 4.79 Å². The van der Waals surface area contributed by atoms with Crippen LogP contribution < -0.4 is 0 Å². The van der Waals surface area contributed by atoms with Gasteiger partial charge in [-0.05, 0) is 18.2 Å². The van der Waals surface area contributed by atoms with Gasteiger partial charge in [0.1, 0.15) is 6.29 Å². The molecule has 0 aromatic heterocycles. The molecule has 0 bridgehead atoms. The van der Waals surface area contributed by atoms with Crippen LogP contribution in [0, 0.1) is 11.8 Å². The minimum Gasteiger partial charge on any atom is -0.302 e. The summed E-state index contributed by atoms with van der Waals surface area (Å²) in [6, 6.07) is 6.33. The fourth-order valence-corrected chi connectivity index (χ4v) is 1.67. The normalized spacial score (nSPS) is 10.2. The van der Waals surface area contributed by atoms with Gasteiger partial charge in [0.25, 0.3) is 0 Å². The van der Waals surface area contributed by atoms with Crippen molar-refractivity contribution in [2.75, 3.05) is 6.26 Å². The van der Waals surface area contributed by atoms with Crippen LogP contribution in [0.4, 0.5) is 0 Å². The average Bonchev–Trinajstić information content (AvgIpc) is 2.17. The smallest absolute Gasteiger partial charge is 0.175 e. The molecular formula is C11H10O3S. The first kappa shape index (κ1) is 11.5. The minimum absolute atomic E-state index is 0.156. The van der Waals surface area contributed by atoms with Crippen molar-refractivity contribution < 1.29 is 13.2 Å². The summed E-state index contributed by atoms with van der Waals surface area (Å²) in [7, 11) is -3.19. The predicted molar refractivity (Wildman–Crippen MR) is 57.1 cm³/mol. The SMILES string of the molecule is CS(=O)(=O)c1cccc(C#CCC=O)c1. The number of hydrogen-bond acceptors (Lipinski definition) is 3. The second-order valence-electron chi connectivity index (χ2n) is 2.97. The van der Waals surface area contributed by atoms with Crippen molar-refractivity contribution >= 4 is 16.1 Å². The summed E-state index contributed by atoms with van der Waals surface area (Å²) in [5.41, 5.74) is 0.597. The van der Waals surface area contributed by atoms with Crippen molar-refractivity contribution in [3.63, 3.8) is 0 Å². The lowest BCUT2D eigenvalue weighted by atomic mass is 10.2. The summed E-state index contributed by atoms with van der Waals surface area (Å²) < 4.78 is 22.4. The van der Waals surface area contributed by atoms with E-state index in [4.69, 9.17) is 0 Å². The van der Waals surface area contributed by atoms with Gasteiger partial charge in [-0.3, -0.25) is 0 Å². The third-order valence-corrected chi connectivity index (χ3v) is 2.79. The van der Waals surface area contributed by atoms with Gasteiger partial charge in [0.05, 0.1) is 11.3 Å². The molecule has 3 nitrogen and oxygen atoms in total. The van der Waals surface area contributed by atoms with E-state index >= 15 is 0 Å². The molecule has 1 rings (SSSR count). The average molecular weight is 222 g/mol. The zero-order valence-electron chi connectivity index (χ0n) is 8.23. The number of benzene rings is 1. The van der Waals surface area contributed by atoms with Crippen LogP contribution in [0.2, 0.25) is 0 Å². The Balaban J connectivity index is 3.05. The maximum atomic E-state index is 11.2. The van der Waals surface area contributed by atoms with E-state index in [1.54, 1.807) is 12.1 Å². The van der Waals surface area contributed by atoms with Gasteiger partial charge in [-0.2, -0.15) is 0 Å². The molecule has 0 atom stereocenters. The van der Waals surface area contributed by atoms with E-state index in [1.165, 1.54) is 12.1 Å². The molecule has 1 aromatic rings. The molecule has 0 unspecified atom stereocenters. The van der Waals surface area contributed by atoms with Crippen LogP contribution >= 0.6 is 0 Å². The van der Waals surface area contributed by atoms with E-state index in [-0.39, 0.29) is 11.3 Å². The lowest BCUT2D eigenvalue weighted by Gasteiger charge is -1.97. The molecule has 0 saturated heterocycles. The molecule has 0 heterocycles. The van der Waals surface area contributed by atoms with Crippen LogP contribution in [0.1, 0.15) is 12.0 Å². The summed E-state index contributed by atoms with van der Waals surface area (Å²) in [6.07, 6.45) is 2.00. The molecule has 0 aliphatic carbocycles. The summed E-state index contributed by atoms with van der Waals surface area (Å²) in [4.78, 5) is 10.3. The second-order valence-corrected chi connectivity index (χ2v) is 4.99. The number of carbonyl (C=O) groups is 1. The van der Waals surface area contributed by atoms with Crippen molar-refractivity contribution in [1.29, 1.82) is 0 Å². The molecular weight excluding hydrogens is 212 g/mol. The van der Waals surface area contributed by atoms with E-state index in [1.807, 2.05) is 0 Å². The minimum atomic E-state index is -3.19. The Bertz CT molecular complexity index is 518. The van der Waals surface area contributed by atoms with Gasteiger partial charge in [-0.15, -0.1) is 0 Å². The van der Waals surface area contributed by atoms with E-state index in [2.05, 4.69) is 11.8 Å². The molecule has 0 radical (unpaired) electrons. The number of aldehydes is 1. The van der Waals surface area contributed by atoms with E-state index in [0.717, 1.165) is 6.26 Å². The summed E-state index contributed by atoms with van der Waals surface area (Å²) in [5, 5.41) is 0. The third kappa shape index (κ3) is 3.56. The highest BCUT2D eigenvalue weighted by molar-refractivity contribution is 7.90. The predicted octanol–water partition coefficient (Wildman–Crippen LogP) is 1.03. The molecule has 0 amide bonds. The van der Waals surface area contributed by atoms with E-state index in [9.17, 15) is 13.2 Å². The Labute approximate surface area is 89.0 Å². The monoisotopic (exact) mass is 222 g/mol. The summed E-state index contributed by atoms with van der Waals surface area (Å²) >= 11 is 0. The quantitative estimate of drug-likeness (QED) is 0.554. The maximum absolute atomic E-state index is 11.2. The van der Waals surface area contributed by atoms with Gasteiger partial charge in [0.15, 0.2) is 9.84 Å². The van der Waals surface area contributed by atoms with E-state index in [0.29, 0.717) is 11.8 Å². The van der Waals surface area contributed by atoms with Crippen LogP contribution in [0.5, 0.6) is 0 Å². The van der Waals surface area contributed by atoms with Gasteiger partial charge in [0.2, 0.25) is 0 Å². The highest BCUT2D eigenvalue weighted by atomic mass is 32.2. The summed E-state index contributed by atoms with van der Waals surface area (Å²) in [5.74, 6) is 5.33. The molecule has 4 heteroatoms. The van der Waals surface area contributed by atoms with Gasteiger partial charge in [-0.1, -0.05) is 17.9 Å². The molecule has 0 N–H and O–H groups in total. The molecule has 0 aliphatic rings.